The number of anilines is 1. The Hall–Kier alpha value is -1.94. The molecule has 3 N–H and O–H groups in total. The molecule has 94 valence electrons. The van der Waals surface area contributed by atoms with Crippen LogP contribution in [0.25, 0.3) is 0 Å². The molecule has 1 heterocycles. The van der Waals surface area contributed by atoms with E-state index in [0.29, 0.717) is 16.9 Å². The highest BCUT2D eigenvalue weighted by Crippen LogP contribution is 2.26. The molecule has 1 aromatic heterocycles. The number of benzene rings is 1. The lowest BCUT2D eigenvalue weighted by Gasteiger charge is -2.15. The highest BCUT2D eigenvalue weighted by atomic mass is 19.1. The van der Waals surface area contributed by atoms with Gasteiger partial charge in [0.25, 0.3) is 0 Å². The predicted octanol–water partition coefficient (Wildman–Crippen LogP) is 2.39. The van der Waals surface area contributed by atoms with Crippen molar-refractivity contribution in [3.8, 4) is 0 Å². The minimum atomic E-state index is -0.851. The van der Waals surface area contributed by atoms with Crippen molar-refractivity contribution in [2.24, 2.45) is 0 Å². The Kier molecular flexibility index (Phi) is 3.58. The number of aliphatic hydroxyl groups is 1. The molecule has 0 bridgehead atoms. The summed E-state index contributed by atoms with van der Waals surface area (Å²) in [6.45, 7) is 1.85. The Labute approximate surface area is 105 Å². The van der Waals surface area contributed by atoms with Crippen LogP contribution in [0.2, 0.25) is 0 Å². The number of aromatic nitrogens is 1. The fourth-order valence-corrected chi connectivity index (χ4v) is 2.00. The maximum Gasteiger partial charge on any atom is 0.129 e. The average molecular weight is 246 g/mol. The number of nitrogens with two attached hydrogens (primary N) is 1. The number of nitrogen functional groups attached to an aromatic ring is 1. The smallest absolute Gasteiger partial charge is 0.129 e. The molecule has 0 radical (unpaired) electrons. The van der Waals surface area contributed by atoms with Crippen LogP contribution in [0.15, 0.2) is 36.5 Å². The minimum absolute atomic E-state index is 0.184. The summed E-state index contributed by atoms with van der Waals surface area (Å²) in [6, 6.07) is 8.16. The molecule has 0 spiro atoms. The predicted molar refractivity (Wildman–Crippen MR) is 68.5 cm³/mol. The number of rotatable bonds is 3. The summed E-state index contributed by atoms with van der Waals surface area (Å²) in [7, 11) is 0. The standard InChI is InChI=1S/C14H15FN2O/c1-9-6-7-17-14(16)13(9)12(18)8-10-4-2-3-5-11(10)15/h2-7,12,18H,8H2,1H3,(H2,16,17). The quantitative estimate of drug-likeness (QED) is 0.874. The Balaban J connectivity index is 2.28. The summed E-state index contributed by atoms with van der Waals surface area (Å²) in [4.78, 5) is 3.95. The van der Waals surface area contributed by atoms with Crippen LogP contribution in [0.1, 0.15) is 22.8 Å². The van der Waals surface area contributed by atoms with E-state index in [-0.39, 0.29) is 12.2 Å². The first-order chi connectivity index (χ1) is 8.59. The summed E-state index contributed by atoms with van der Waals surface area (Å²) < 4.78 is 13.5. The van der Waals surface area contributed by atoms with Crippen LogP contribution in [-0.2, 0) is 6.42 Å². The van der Waals surface area contributed by atoms with Gasteiger partial charge < -0.3 is 10.8 Å². The second kappa shape index (κ2) is 5.14. The number of hydrogen-bond donors (Lipinski definition) is 2. The zero-order chi connectivity index (χ0) is 13.1. The second-order valence-electron chi connectivity index (χ2n) is 4.24. The highest BCUT2D eigenvalue weighted by Gasteiger charge is 2.16. The van der Waals surface area contributed by atoms with E-state index < -0.39 is 6.10 Å². The first-order valence-electron chi connectivity index (χ1n) is 5.72. The lowest BCUT2D eigenvalue weighted by atomic mass is 9.98. The Morgan fingerprint density at radius 1 is 1.33 bits per heavy atom. The number of pyridine rings is 1. The molecular formula is C14H15FN2O. The number of hydrogen-bond acceptors (Lipinski definition) is 3. The molecule has 1 atom stereocenters. The lowest BCUT2D eigenvalue weighted by Crippen LogP contribution is -2.09. The number of nitrogens with zero attached hydrogens (tertiary/aromatic N) is 1. The molecule has 0 aliphatic heterocycles. The van der Waals surface area contributed by atoms with E-state index in [1.165, 1.54) is 6.07 Å². The van der Waals surface area contributed by atoms with E-state index in [9.17, 15) is 9.50 Å². The van der Waals surface area contributed by atoms with Gasteiger partial charge in [-0.15, -0.1) is 0 Å². The molecule has 0 saturated carbocycles. The van der Waals surface area contributed by atoms with Crippen molar-refractivity contribution in [1.82, 2.24) is 4.98 Å². The monoisotopic (exact) mass is 246 g/mol. The number of aryl methyl sites for hydroxylation is 1. The van der Waals surface area contributed by atoms with Gasteiger partial charge in [0.05, 0.1) is 6.10 Å². The van der Waals surface area contributed by atoms with Crippen LogP contribution >= 0.6 is 0 Å². The van der Waals surface area contributed by atoms with Gasteiger partial charge in [-0.05, 0) is 30.2 Å². The summed E-state index contributed by atoms with van der Waals surface area (Å²) in [6.07, 6.45) is 0.920. The molecule has 2 aromatic rings. The zero-order valence-electron chi connectivity index (χ0n) is 10.1. The third-order valence-corrected chi connectivity index (χ3v) is 2.94. The van der Waals surface area contributed by atoms with E-state index in [4.69, 9.17) is 5.73 Å². The van der Waals surface area contributed by atoms with E-state index in [1.54, 1.807) is 30.5 Å². The SMILES string of the molecule is Cc1ccnc(N)c1C(O)Cc1ccccc1F. The van der Waals surface area contributed by atoms with Crippen LogP contribution in [0.3, 0.4) is 0 Å². The van der Waals surface area contributed by atoms with E-state index in [1.807, 2.05) is 6.92 Å². The molecule has 3 nitrogen and oxygen atoms in total. The average Bonchev–Trinajstić information content (AvgIpc) is 2.32. The topological polar surface area (TPSA) is 59.1 Å². The fourth-order valence-electron chi connectivity index (χ4n) is 2.00. The van der Waals surface area contributed by atoms with Gasteiger partial charge in [-0.1, -0.05) is 18.2 Å². The molecule has 0 fully saturated rings. The second-order valence-corrected chi connectivity index (χ2v) is 4.24. The summed E-state index contributed by atoms with van der Waals surface area (Å²) >= 11 is 0. The molecule has 0 saturated heterocycles. The first-order valence-corrected chi connectivity index (χ1v) is 5.72. The van der Waals surface area contributed by atoms with Crippen LogP contribution < -0.4 is 5.73 Å². The Morgan fingerprint density at radius 3 is 2.72 bits per heavy atom. The van der Waals surface area contributed by atoms with Crippen molar-refractivity contribution < 1.29 is 9.50 Å². The number of aliphatic hydroxyl groups excluding tert-OH is 1. The molecular weight excluding hydrogens is 231 g/mol. The van der Waals surface area contributed by atoms with Crippen molar-refractivity contribution in [3.63, 3.8) is 0 Å². The third kappa shape index (κ3) is 2.49. The minimum Gasteiger partial charge on any atom is -0.388 e. The molecule has 1 aromatic carbocycles. The molecule has 0 amide bonds. The summed E-state index contributed by atoms with van der Waals surface area (Å²) in [5.74, 6) is -0.0319. The molecule has 0 aliphatic rings. The van der Waals surface area contributed by atoms with Gasteiger partial charge in [0, 0.05) is 18.2 Å². The van der Waals surface area contributed by atoms with Crippen LogP contribution in [0, 0.1) is 12.7 Å². The normalized spacial score (nSPS) is 12.4. The van der Waals surface area contributed by atoms with Crippen LogP contribution in [-0.4, -0.2) is 10.1 Å². The maximum atomic E-state index is 13.5. The maximum absolute atomic E-state index is 13.5. The molecule has 4 heteroatoms. The van der Waals surface area contributed by atoms with Crippen LogP contribution in [0.4, 0.5) is 10.2 Å². The first kappa shape index (κ1) is 12.5. The molecule has 0 aliphatic carbocycles. The van der Waals surface area contributed by atoms with E-state index in [2.05, 4.69) is 4.98 Å². The van der Waals surface area contributed by atoms with Crippen LogP contribution in [0.5, 0.6) is 0 Å². The third-order valence-electron chi connectivity index (χ3n) is 2.94. The number of halogens is 1. The Morgan fingerprint density at radius 2 is 2.06 bits per heavy atom. The van der Waals surface area contributed by atoms with E-state index in [0.717, 1.165) is 5.56 Å². The summed E-state index contributed by atoms with van der Waals surface area (Å²) in [5, 5.41) is 10.2. The van der Waals surface area contributed by atoms with Gasteiger partial charge in [-0.2, -0.15) is 0 Å². The zero-order valence-corrected chi connectivity index (χ0v) is 10.1. The largest absolute Gasteiger partial charge is 0.388 e. The van der Waals surface area contributed by atoms with Gasteiger partial charge in [-0.25, -0.2) is 9.37 Å². The molecule has 2 rings (SSSR count). The lowest BCUT2D eigenvalue weighted by molar-refractivity contribution is 0.177. The fraction of sp³-hybridized carbons (Fsp3) is 0.214. The van der Waals surface area contributed by atoms with Gasteiger partial charge in [0.2, 0.25) is 0 Å². The van der Waals surface area contributed by atoms with Crippen molar-refractivity contribution >= 4 is 5.82 Å². The molecule has 1 unspecified atom stereocenters. The highest BCUT2D eigenvalue weighted by molar-refractivity contribution is 5.45. The van der Waals surface area contributed by atoms with Crippen molar-refractivity contribution in [3.05, 3.63) is 59.0 Å². The van der Waals surface area contributed by atoms with Gasteiger partial charge in [0.15, 0.2) is 0 Å². The van der Waals surface area contributed by atoms with Gasteiger partial charge in [-0.3, -0.25) is 0 Å². The van der Waals surface area contributed by atoms with Gasteiger partial charge >= 0.3 is 0 Å². The van der Waals surface area contributed by atoms with Crippen molar-refractivity contribution in [2.45, 2.75) is 19.4 Å². The van der Waals surface area contributed by atoms with Crippen molar-refractivity contribution in [2.75, 3.05) is 5.73 Å². The van der Waals surface area contributed by atoms with E-state index >= 15 is 0 Å². The summed E-state index contributed by atoms with van der Waals surface area (Å²) in [5.41, 5.74) is 7.64. The molecule has 18 heavy (non-hydrogen) atoms. The van der Waals surface area contributed by atoms with Crippen molar-refractivity contribution in [1.29, 1.82) is 0 Å². The Bertz CT molecular complexity index is 537. The van der Waals surface area contributed by atoms with Gasteiger partial charge in [0.1, 0.15) is 11.6 Å².